The highest BCUT2D eigenvalue weighted by atomic mass is 35.5. The summed E-state index contributed by atoms with van der Waals surface area (Å²) in [5.41, 5.74) is 1.70. The highest BCUT2D eigenvalue weighted by molar-refractivity contribution is 7.99. The van der Waals surface area contributed by atoms with Gasteiger partial charge in [0.15, 0.2) is 0 Å². The van der Waals surface area contributed by atoms with Crippen molar-refractivity contribution in [1.29, 1.82) is 0 Å². The van der Waals surface area contributed by atoms with Gasteiger partial charge in [-0.15, -0.1) is 11.8 Å². The van der Waals surface area contributed by atoms with Gasteiger partial charge in [0, 0.05) is 47.3 Å². The largest absolute Gasteiger partial charge is 0.492 e. The first-order chi connectivity index (χ1) is 15.8. The lowest BCUT2D eigenvalue weighted by atomic mass is 9.79. The molecule has 0 radical (unpaired) electrons. The number of thioether (sulfide) groups is 1. The molecule has 1 N–H and O–H groups in total. The highest BCUT2D eigenvalue weighted by Crippen LogP contribution is 2.59. The molecule has 1 aromatic heterocycles. The van der Waals surface area contributed by atoms with Crippen molar-refractivity contribution < 1.29 is 24.1 Å². The molecule has 0 bridgehead atoms. The number of methoxy groups -OCH3 is 1. The van der Waals surface area contributed by atoms with Crippen LogP contribution in [-0.2, 0) is 9.47 Å². The van der Waals surface area contributed by atoms with E-state index in [4.69, 9.17) is 25.8 Å². The quantitative estimate of drug-likeness (QED) is 0.530. The lowest BCUT2D eigenvalue weighted by Gasteiger charge is -2.46. The Morgan fingerprint density at radius 1 is 1.30 bits per heavy atom. The van der Waals surface area contributed by atoms with E-state index in [1.54, 1.807) is 29.5 Å². The zero-order valence-corrected chi connectivity index (χ0v) is 20.1. The number of rotatable bonds is 8. The smallest absolute Gasteiger partial charge is 0.341 e. The number of pyridine rings is 1. The van der Waals surface area contributed by atoms with Gasteiger partial charge in [0.05, 0.1) is 30.5 Å². The molecule has 7 nitrogen and oxygen atoms in total. The van der Waals surface area contributed by atoms with E-state index >= 15 is 0 Å². The van der Waals surface area contributed by atoms with Crippen LogP contribution in [0.15, 0.2) is 27.9 Å². The molecule has 2 fully saturated rings. The number of nitrogens with zero attached hydrogens (tertiary/aromatic N) is 1. The number of aromatic carboxylic acids is 1. The zero-order valence-electron chi connectivity index (χ0n) is 18.6. The lowest BCUT2D eigenvalue weighted by Crippen LogP contribution is -2.45. The van der Waals surface area contributed by atoms with Crippen molar-refractivity contribution in [1.82, 2.24) is 4.57 Å². The first kappa shape index (κ1) is 22.8. The van der Waals surface area contributed by atoms with E-state index in [1.165, 1.54) is 0 Å². The Balaban J connectivity index is 1.68. The molecule has 1 unspecified atom stereocenters. The monoisotopic (exact) mass is 491 g/mol. The first-order valence-electron chi connectivity index (χ1n) is 11.1. The van der Waals surface area contributed by atoms with Crippen LogP contribution in [0, 0.1) is 5.41 Å². The van der Waals surface area contributed by atoms with Crippen molar-refractivity contribution in [3.8, 4) is 17.0 Å². The molecular formula is C24H26ClNO6S. The van der Waals surface area contributed by atoms with Gasteiger partial charge < -0.3 is 23.9 Å². The van der Waals surface area contributed by atoms with Gasteiger partial charge in [0.2, 0.25) is 0 Å². The fraction of sp³-hybridized carbons (Fsp3) is 0.500. The summed E-state index contributed by atoms with van der Waals surface area (Å²) in [5, 5.41) is 10.2. The standard InChI is InChI=1S/C24H26ClNO6S/c1-24(11-31-12-24)21-15-8-16(23(28)29)22(27)26(13-4-5-13)20(15)14-9-17(25)18(10-19(14)33-21)32-7-3-6-30-2/h8-10,13,21H,3-7,11-12H2,1-2H3,(H,28,29). The summed E-state index contributed by atoms with van der Waals surface area (Å²) >= 11 is 8.27. The second-order valence-corrected chi connectivity index (χ2v) is 10.7. The maximum atomic E-state index is 13.2. The van der Waals surface area contributed by atoms with E-state index < -0.39 is 11.5 Å². The molecule has 1 atom stereocenters. The van der Waals surface area contributed by atoms with Crippen molar-refractivity contribution in [2.24, 2.45) is 5.41 Å². The molecule has 0 amide bonds. The molecule has 1 aliphatic carbocycles. The fourth-order valence-electron chi connectivity index (χ4n) is 4.57. The Kier molecular flexibility index (Phi) is 5.97. The first-order valence-corrected chi connectivity index (χ1v) is 12.3. The van der Waals surface area contributed by atoms with Crippen LogP contribution in [0.4, 0.5) is 0 Å². The number of halogens is 1. The van der Waals surface area contributed by atoms with Gasteiger partial charge in [-0.1, -0.05) is 18.5 Å². The third-order valence-electron chi connectivity index (χ3n) is 6.47. The molecule has 9 heteroatoms. The molecule has 33 heavy (non-hydrogen) atoms. The molecule has 2 aliphatic heterocycles. The number of carboxylic acid groups (broad SMARTS) is 1. The van der Waals surface area contributed by atoms with Gasteiger partial charge in [-0.2, -0.15) is 0 Å². The minimum atomic E-state index is -1.19. The van der Waals surface area contributed by atoms with Crippen LogP contribution in [0.3, 0.4) is 0 Å². The number of benzene rings is 1. The van der Waals surface area contributed by atoms with E-state index in [0.29, 0.717) is 37.2 Å². The average molecular weight is 492 g/mol. The molecule has 3 heterocycles. The zero-order chi connectivity index (χ0) is 23.3. The van der Waals surface area contributed by atoms with Crippen LogP contribution in [0.1, 0.15) is 53.4 Å². The van der Waals surface area contributed by atoms with Crippen LogP contribution in [-0.4, -0.2) is 49.2 Å². The highest BCUT2D eigenvalue weighted by Gasteiger charge is 2.47. The van der Waals surface area contributed by atoms with E-state index in [9.17, 15) is 14.7 Å². The molecule has 0 spiro atoms. The average Bonchev–Trinajstić information content (AvgIpc) is 3.59. The van der Waals surface area contributed by atoms with E-state index in [2.05, 4.69) is 6.92 Å². The number of hydrogen-bond acceptors (Lipinski definition) is 6. The maximum Gasteiger partial charge on any atom is 0.341 e. The van der Waals surface area contributed by atoms with Gasteiger partial charge in [-0.05, 0) is 36.6 Å². The Bertz CT molecular complexity index is 1170. The Hall–Kier alpha value is -2.00. The number of carboxylic acids is 1. The summed E-state index contributed by atoms with van der Waals surface area (Å²) in [6.45, 7) is 4.40. The Labute approximate surface area is 201 Å². The number of hydrogen-bond donors (Lipinski definition) is 1. The molecule has 3 aliphatic rings. The van der Waals surface area contributed by atoms with Crippen molar-refractivity contribution in [2.45, 2.75) is 42.4 Å². The summed E-state index contributed by atoms with van der Waals surface area (Å²) in [7, 11) is 1.65. The predicted octanol–water partition coefficient (Wildman–Crippen LogP) is 4.80. The number of carbonyl (C=O) groups is 1. The summed E-state index contributed by atoms with van der Waals surface area (Å²) in [6.07, 6.45) is 2.46. The van der Waals surface area contributed by atoms with E-state index in [1.807, 2.05) is 12.1 Å². The lowest BCUT2D eigenvalue weighted by molar-refractivity contribution is -0.102. The molecule has 1 saturated carbocycles. The van der Waals surface area contributed by atoms with Crippen molar-refractivity contribution in [3.05, 3.63) is 44.7 Å². The van der Waals surface area contributed by atoms with Gasteiger partial charge >= 0.3 is 5.97 Å². The minimum Gasteiger partial charge on any atom is -0.492 e. The second kappa shape index (κ2) is 8.65. The van der Waals surface area contributed by atoms with E-state index in [0.717, 1.165) is 41.0 Å². The number of aromatic nitrogens is 1. The Morgan fingerprint density at radius 3 is 2.67 bits per heavy atom. The van der Waals surface area contributed by atoms with Crippen molar-refractivity contribution >= 4 is 29.3 Å². The normalized spacial score (nSPS) is 20.5. The second-order valence-electron chi connectivity index (χ2n) is 9.19. The van der Waals surface area contributed by atoms with Crippen molar-refractivity contribution in [2.75, 3.05) is 33.5 Å². The van der Waals surface area contributed by atoms with Crippen LogP contribution in [0.2, 0.25) is 5.02 Å². The molecule has 1 saturated heterocycles. The predicted molar refractivity (Wildman–Crippen MR) is 126 cm³/mol. The summed E-state index contributed by atoms with van der Waals surface area (Å²) in [5.74, 6) is -0.599. The van der Waals surface area contributed by atoms with Crippen LogP contribution >= 0.6 is 23.4 Å². The molecular weight excluding hydrogens is 466 g/mol. The van der Waals surface area contributed by atoms with Gasteiger partial charge in [0.25, 0.3) is 5.56 Å². The fourth-order valence-corrected chi connectivity index (χ4v) is 6.23. The number of ether oxygens (including phenoxy) is 3. The molecule has 1 aromatic carbocycles. The topological polar surface area (TPSA) is 87.0 Å². The summed E-state index contributed by atoms with van der Waals surface area (Å²) in [6, 6.07) is 5.38. The van der Waals surface area contributed by atoms with Gasteiger partial charge in [-0.3, -0.25) is 4.79 Å². The molecule has 5 rings (SSSR count). The van der Waals surface area contributed by atoms with Gasteiger partial charge in [0.1, 0.15) is 11.3 Å². The summed E-state index contributed by atoms with van der Waals surface area (Å²) in [4.78, 5) is 26.2. The van der Waals surface area contributed by atoms with Crippen LogP contribution < -0.4 is 10.3 Å². The summed E-state index contributed by atoms with van der Waals surface area (Å²) < 4.78 is 18.3. The minimum absolute atomic E-state index is 0.0105. The number of fused-ring (bicyclic) bond motifs is 3. The molecule has 2 aromatic rings. The Morgan fingerprint density at radius 2 is 2.06 bits per heavy atom. The molecule has 176 valence electrons. The van der Waals surface area contributed by atoms with Crippen LogP contribution in [0.5, 0.6) is 5.75 Å². The SMILES string of the molecule is COCCCOc1cc2c(cc1Cl)-c1c(cc(C(=O)O)c(=O)n1C1CC1)C(C1(C)COC1)S2. The van der Waals surface area contributed by atoms with Crippen molar-refractivity contribution in [3.63, 3.8) is 0 Å². The third kappa shape index (κ3) is 3.97. The third-order valence-corrected chi connectivity index (χ3v) is 8.41. The van der Waals surface area contributed by atoms with E-state index in [-0.39, 0.29) is 22.3 Å². The maximum absolute atomic E-state index is 13.2. The van der Waals surface area contributed by atoms with Gasteiger partial charge in [-0.25, -0.2) is 4.79 Å². The van der Waals surface area contributed by atoms with Crippen LogP contribution in [0.25, 0.3) is 11.3 Å².